The zero-order valence-electron chi connectivity index (χ0n) is 9.49. The van der Waals surface area contributed by atoms with Crippen molar-refractivity contribution in [3.63, 3.8) is 0 Å². The Morgan fingerprint density at radius 3 is 2.41 bits per heavy atom. The lowest BCUT2D eigenvalue weighted by atomic mass is 10.2. The Morgan fingerprint density at radius 1 is 1.18 bits per heavy atom. The summed E-state index contributed by atoms with van der Waals surface area (Å²) < 4.78 is 11.8. The monoisotopic (exact) mass is 346 g/mol. The van der Waals surface area contributed by atoms with Crippen LogP contribution in [0.15, 0.2) is 37.4 Å². The smallest absolute Gasteiger partial charge is 0.137 e. The lowest BCUT2D eigenvalue weighted by Crippen LogP contribution is -2.01. The molecule has 0 heterocycles. The van der Waals surface area contributed by atoms with Crippen molar-refractivity contribution in [3.05, 3.63) is 46.6 Å². The highest BCUT2D eigenvalue weighted by atomic mass is 127. The Hall–Kier alpha value is -1.01. The molecule has 0 aromatic heterocycles. The van der Waals surface area contributed by atoms with E-state index in [0.29, 0.717) is 24.7 Å². The van der Waals surface area contributed by atoms with Crippen LogP contribution in [0.1, 0.15) is 5.56 Å². The Labute approximate surface area is 115 Å². The molecular formula is C13H15IO3. The molecule has 0 aliphatic heterocycles. The molecule has 4 heteroatoms. The molecular weight excluding hydrogens is 331 g/mol. The van der Waals surface area contributed by atoms with Crippen molar-refractivity contribution < 1.29 is 14.6 Å². The number of hydrogen-bond donors (Lipinski definition) is 1. The van der Waals surface area contributed by atoms with Gasteiger partial charge in [0.1, 0.15) is 24.7 Å². The number of rotatable bonds is 7. The van der Waals surface area contributed by atoms with E-state index in [1.54, 1.807) is 24.3 Å². The van der Waals surface area contributed by atoms with Crippen LogP contribution < -0.4 is 9.47 Å². The summed E-state index contributed by atoms with van der Waals surface area (Å²) in [5.41, 5.74) is 0.784. The fourth-order valence-corrected chi connectivity index (χ4v) is 1.87. The first kappa shape index (κ1) is 14.1. The zero-order valence-corrected chi connectivity index (χ0v) is 11.6. The Balaban J connectivity index is 2.99. The molecule has 1 N–H and O–H groups in total. The second-order valence-electron chi connectivity index (χ2n) is 3.25. The molecule has 92 valence electrons. The van der Waals surface area contributed by atoms with E-state index in [2.05, 4.69) is 35.7 Å². The molecule has 0 amide bonds. The molecule has 0 radical (unpaired) electrons. The second-order valence-corrected chi connectivity index (χ2v) is 4.33. The fourth-order valence-electron chi connectivity index (χ4n) is 1.23. The maximum atomic E-state index is 9.26. The van der Waals surface area contributed by atoms with Crippen molar-refractivity contribution in [1.29, 1.82) is 0 Å². The van der Waals surface area contributed by atoms with E-state index in [1.165, 1.54) is 0 Å². The highest BCUT2D eigenvalue weighted by molar-refractivity contribution is 14.1. The van der Waals surface area contributed by atoms with Gasteiger partial charge >= 0.3 is 0 Å². The van der Waals surface area contributed by atoms with Crippen LogP contribution in [0.4, 0.5) is 0 Å². The Bertz CT molecular complexity index is 402. The van der Waals surface area contributed by atoms with Crippen LogP contribution in [0.5, 0.6) is 11.5 Å². The van der Waals surface area contributed by atoms with Gasteiger partial charge in [0.15, 0.2) is 0 Å². The van der Waals surface area contributed by atoms with Crippen molar-refractivity contribution >= 4 is 22.6 Å². The number of aliphatic hydroxyl groups excluding tert-OH is 1. The van der Waals surface area contributed by atoms with Crippen LogP contribution in [0, 0.1) is 3.57 Å². The van der Waals surface area contributed by atoms with Crippen LogP contribution in [0.2, 0.25) is 0 Å². The number of ether oxygens (including phenoxy) is 2. The first-order valence-electron chi connectivity index (χ1n) is 5.13. The van der Waals surface area contributed by atoms with Gasteiger partial charge in [0, 0.05) is 6.07 Å². The van der Waals surface area contributed by atoms with Crippen LogP contribution in [-0.4, -0.2) is 18.3 Å². The van der Waals surface area contributed by atoms with Gasteiger partial charge in [0.05, 0.1) is 10.2 Å². The van der Waals surface area contributed by atoms with Gasteiger partial charge in [0.25, 0.3) is 0 Å². The van der Waals surface area contributed by atoms with E-state index in [0.717, 1.165) is 9.13 Å². The minimum Gasteiger partial charge on any atom is -0.489 e. The highest BCUT2D eigenvalue weighted by Crippen LogP contribution is 2.30. The number of hydrogen-bond acceptors (Lipinski definition) is 3. The molecule has 1 aromatic rings. The highest BCUT2D eigenvalue weighted by Gasteiger charge is 2.09. The van der Waals surface area contributed by atoms with Gasteiger partial charge < -0.3 is 14.6 Å². The molecule has 17 heavy (non-hydrogen) atoms. The molecule has 0 fully saturated rings. The SMILES string of the molecule is C=CCOc1cc(CO)c(I)c(OCC=C)c1. The van der Waals surface area contributed by atoms with E-state index < -0.39 is 0 Å². The summed E-state index contributed by atoms with van der Waals surface area (Å²) in [5, 5.41) is 9.26. The number of aliphatic hydroxyl groups is 1. The summed E-state index contributed by atoms with van der Waals surface area (Å²) in [6.07, 6.45) is 3.34. The third kappa shape index (κ3) is 4.05. The van der Waals surface area contributed by atoms with Crippen molar-refractivity contribution in [2.24, 2.45) is 0 Å². The molecule has 0 unspecified atom stereocenters. The van der Waals surface area contributed by atoms with Gasteiger partial charge in [-0.1, -0.05) is 25.3 Å². The summed E-state index contributed by atoms with van der Waals surface area (Å²) in [4.78, 5) is 0. The molecule has 0 atom stereocenters. The third-order valence-corrected chi connectivity index (χ3v) is 3.21. The molecule has 0 bridgehead atoms. The van der Waals surface area contributed by atoms with Gasteiger partial charge in [-0.3, -0.25) is 0 Å². The zero-order chi connectivity index (χ0) is 12.7. The van der Waals surface area contributed by atoms with Gasteiger partial charge in [-0.05, 0) is 34.2 Å². The quantitative estimate of drug-likeness (QED) is 0.610. The average molecular weight is 346 g/mol. The second kappa shape index (κ2) is 7.34. The Kier molecular flexibility index (Phi) is 6.07. The maximum absolute atomic E-state index is 9.26. The predicted molar refractivity (Wildman–Crippen MR) is 76.5 cm³/mol. The number of halogens is 1. The van der Waals surface area contributed by atoms with Crippen LogP contribution in [0.3, 0.4) is 0 Å². The molecule has 0 aliphatic carbocycles. The summed E-state index contributed by atoms with van der Waals surface area (Å²) >= 11 is 2.14. The van der Waals surface area contributed by atoms with Gasteiger partial charge in [-0.15, -0.1) is 0 Å². The van der Waals surface area contributed by atoms with E-state index in [-0.39, 0.29) is 6.61 Å². The first-order valence-corrected chi connectivity index (χ1v) is 6.21. The minimum atomic E-state index is -0.0476. The summed E-state index contributed by atoms with van der Waals surface area (Å²) in [5.74, 6) is 1.35. The van der Waals surface area contributed by atoms with Crippen LogP contribution >= 0.6 is 22.6 Å². The van der Waals surface area contributed by atoms with E-state index in [9.17, 15) is 5.11 Å². The molecule has 0 saturated heterocycles. The van der Waals surface area contributed by atoms with Crippen molar-refractivity contribution in [1.82, 2.24) is 0 Å². The molecule has 0 aliphatic rings. The molecule has 1 aromatic carbocycles. The summed E-state index contributed by atoms with van der Waals surface area (Å²) in [7, 11) is 0. The fraction of sp³-hybridized carbons (Fsp3) is 0.231. The maximum Gasteiger partial charge on any atom is 0.137 e. The minimum absolute atomic E-state index is 0.0476. The normalized spacial score (nSPS) is 9.76. The molecule has 3 nitrogen and oxygen atoms in total. The number of benzene rings is 1. The lowest BCUT2D eigenvalue weighted by molar-refractivity contribution is 0.277. The van der Waals surface area contributed by atoms with E-state index >= 15 is 0 Å². The average Bonchev–Trinajstić information content (AvgIpc) is 2.35. The first-order chi connectivity index (χ1) is 8.22. The van der Waals surface area contributed by atoms with Crippen molar-refractivity contribution in [2.75, 3.05) is 13.2 Å². The van der Waals surface area contributed by atoms with E-state index in [4.69, 9.17) is 9.47 Å². The Morgan fingerprint density at radius 2 is 1.82 bits per heavy atom. The van der Waals surface area contributed by atoms with Crippen LogP contribution in [-0.2, 0) is 6.61 Å². The van der Waals surface area contributed by atoms with Gasteiger partial charge in [-0.2, -0.15) is 0 Å². The lowest BCUT2D eigenvalue weighted by Gasteiger charge is -2.12. The molecule has 1 rings (SSSR count). The third-order valence-electron chi connectivity index (χ3n) is 1.98. The largest absolute Gasteiger partial charge is 0.489 e. The van der Waals surface area contributed by atoms with Gasteiger partial charge in [-0.25, -0.2) is 0 Å². The summed E-state index contributed by atoms with van der Waals surface area (Å²) in [6, 6.07) is 3.60. The predicted octanol–water partition coefficient (Wildman–Crippen LogP) is 2.91. The van der Waals surface area contributed by atoms with E-state index in [1.807, 2.05) is 0 Å². The van der Waals surface area contributed by atoms with Crippen molar-refractivity contribution in [2.45, 2.75) is 6.61 Å². The molecule has 0 spiro atoms. The molecule has 0 saturated carbocycles. The standard InChI is InChI=1S/C13H15IO3/c1-3-5-16-11-7-10(9-15)13(14)12(8-11)17-6-4-2/h3-4,7-8,15H,1-2,5-6,9H2. The van der Waals surface area contributed by atoms with Crippen molar-refractivity contribution in [3.8, 4) is 11.5 Å². The van der Waals surface area contributed by atoms with Crippen LogP contribution in [0.25, 0.3) is 0 Å². The topological polar surface area (TPSA) is 38.7 Å². The summed E-state index contributed by atoms with van der Waals surface area (Å²) in [6.45, 7) is 7.98. The van der Waals surface area contributed by atoms with Gasteiger partial charge in [0.2, 0.25) is 0 Å².